The SMILES string of the molecule is CC[C@@H](c1ccc(-c2ccc(=O)n(C(C)C)c2)cc1)N(CCCc1ccccc1)C(=O)O. The van der Waals surface area contributed by atoms with Crippen LogP contribution in [0, 0.1) is 0 Å². The van der Waals surface area contributed by atoms with Crippen molar-refractivity contribution < 1.29 is 9.90 Å². The van der Waals surface area contributed by atoms with E-state index < -0.39 is 6.09 Å². The number of carbonyl (C=O) groups is 1. The molecule has 5 heteroatoms. The Morgan fingerprint density at radius 3 is 2.22 bits per heavy atom. The summed E-state index contributed by atoms with van der Waals surface area (Å²) in [5.74, 6) is 0. The molecule has 1 heterocycles. The van der Waals surface area contributed by atoms with Gasteiger partial charge in [-0.2, -0.15) is 0 Å². The van der Waals surface area contributed by atoms with Gasteiger partial charge in [0.05, 0.1) is 6.04 Å². The van der Waals surface area contributed by atoms with E-state index in [1.807, 2.05) is 75.5 Å². The fourth-order valence-electron chi connectivity index (χ4n) is 4.09. The minimum Gasteiger partial charge on any atom is -0.465 e. The topological polar surface area (TPSA) is 62.5 Å². The van der Waals surface area contributed by atoms with Gasteiger partial charge in [-0.3, -0.25) is 4.79 Å². The van der Waals surface area contributed by atoms with Crippen LogP contribution in [0.4, 0.5) is 4.79 Å². The summed E-state index contributed by atoms with van der Waals surface area (Å²) in [5, 5.41) is 9.87. The smallest absolute Gasteiger partial charge is 0.407 e. The van der Waals surface area contributed by atoms with Crippen LogP contribution in [-0.2, 0) is 6.42 Å². The van der Waals surface area contributed by atoms with Crippen molar-refractivity contribution in [3.05, 3.63) is 94.4 Å². The number of pyridine rings is 1. The third kappa shape index (κ3) is 5.67. The van der Waals surface area contributed by atoms with Gasteiger partial charge in [-0.25, -0.2) is 4.79 Å². The molecular formula is C27H32N2O3. The van der Waals surface area contributed by atoms with Crippen molar-refractivity contribution in [2.45, 2.75) is 52.1 Å². The van der Waals surface area contributed by atoms with Crippen molar-refractivity contribution in [2.75, 3.05) is 6.54 Å². The Labute approximate surface area is 190 Å². The monoisotopic (exact) mass is 432 g/mol. The normalized spacial score (nSPS) is 12.0. The van der Waals surface area contributed by atoms with Crippen LogP contribution in [-0.4, -0.2) is 27.2 Å². The highest BCUT2D eigenvalue weighted by molar-refractivity contribution is 5.66. The number of aryl methyl sites for hydroxylation is 1. The molecule has 1 N–H and O–H groups in total. The zero-order valence-corrected chi connectivity index (χ0v) is 19.1. The highest BCUT2D eigenvalue weighted by Crippen LogP contribution is 2.28. The molecule has 2 aromatic carbocycles. The van der Waals surface area contributed by atoms with Gasteiger partial charge in [0.2, 0.25) is 0 Å². The molecule has 0 aliphatic carbocycles. The molecule has 32 heavy (non-hydrogen) atoms. The molecular weight excluding hydrogens is 400 g/mol. The largest absolute Gasteiger partial charge is 0.465 e. The van der Waals surface area contributed by atoms with Gasteiger partial charge < -0.3 is 14.6 Å². The van der Waals surface area contributed by atoms with Gasteiger partial charge in [-0.05, 0) is 61.4 Å². The van der Waals surface area contributed by atoms with Gasteiger partial charge in [-0.1, -0.05) is 61.5 Å². The number of amides is 1. The number of carboxylic acid groups (broad SMARTS) is 1. The molecule has 1 aromatic heterocycles. The highest BCUT2D eigenvalue weighted by atomic mass is 16.4. The standard InChI is InChI=1S/C27H32N2O3/c1-4-25(28(27(31)32)18-8-11-21-9-6-5-7-10-21)23-14-12-22(13-15-23)24-16-17-26(30)29(19-24)20(2)3/h5-7,9-10,12-17,19-20,25H,4,8,11,18H2,1-3H3,(H,31,32)/t25-/m0/s1. The molecule has 3 aromatic rings. The molecule has 0 saturated carbocycles. The first-order valence-corrected chi connectivity index (χ1v) is 11.3. The van der Waals surface area contributed by atoms with Crippen LogP contribution in [0.1, 0.15) is 56.8 Å². The lowest BCUT2D eigenvalue weighted by atomic mass is 9.98. The van der Waals surface area contributed by atoms with Crippen LogP contribution in [0.2, 0.25) is 0 Å². The molecule has 1 amide bonds. The number of rotatable bonds is 9. The van der Waals surface area contributed by atoms with E-state index in [-0.39, 0.29) is 17.6 Å². The summed E-state index contributed by atoms with van der Waals surface area (Å²) >= 11 is 0. The number of aromatic nitrogens is 1. The minimum atomic E-state index is -0.891. The van der Waals surface area contributed by atoms with Crippen LogP contribution >= 0.6 is 0 Å². The molecule has 3 rings (SSSR count). The summed E-state index contributed by atoms with van der Waals surface area (Å²) < 4.78 is 1.72. The second-order valence-corrected chi connectivity index (χ2v) is 8.37. The lowest BCUT2D eigenvalue weighted by Crippen LogP contribution is -2.34. The number of nitrogens with zero attached hydrogens (tertiary/aromatic N) is 2. The van der Waals surface area contributed by atoms with E-state index in [1.54, 1.807) is 15.5 Å². The van der Waals surface area contributed by atoms with E-state index in [0.29, 0.717) is 13.0 Å². The molecule has 5 nitrogen and oxygen atoms in total. The van der Waals surface area contributed by atoms with Crippen molar-refractivity contribution in [1.29, 1.82) is 0 Å². The van der Waals surface area contributed by atoms with E-state index in [1.165, 1.54) is 5.56 Å². The van der Waals surface area contributed by atoms with Gasteiger partial charge >= 0.3 is 6.09 Å². The van der Waals surface area contributed by atoms with Crippen molar-refractivity contribution in [1.82, 2.24) is 9.47 Å². The molecule has 0 spiro atoms. The van der Waals surface area contributed by atoms with Crippen LogP contribution in [0.3, 0.4) is 0 Å². The Morgan fingerprint density at radius 1 is 0.969 bits per heavy atom. The fourth-order valence-corrected chi connectivity index (χ4v) is 4.09. The minimum absolute atomic E-state index is 0.0148. The molecule has 0 radical (unpaired) electrons. The van der Waals surface area contributed by atoms with Crippen LogP contribution in [0.25, 0.3) is 11.1 Å². The summed E-state index contributed by atoms with van der Waals surface area (Å²) in [6.45, 7) is 6.48. The molecule has 168 valence electrons. The molecule has 0 aliphatic rings. The van der Waals surface area contributed by atoms with E-state index in [4.69, 9.17) is 0 Å². The molecule has 1 atom stereocenters. The lowest BCUT2D eigenvalue weighted by molar-refractivity contribution is 0.122. The Morgan fingerprint density at radius 2 is 1.62 bits per heavy atom. The molecule has 0 saturated heterocycles. The van der Waals surface area contributed by atoms with Crippen LogP contribution < -0.4 is 5.56 Å². The van der Waals surface area contributed by atoms with E-state index >= 15 is 0 Å². The Hall–Kier alpha value is -3.34. The predicted octanol–water partition coefficient (Wildman–Crippen LogP) is 6.16. The van der Waals surface area contributed by atoms with Gasteiger partial charge in [0.25, 0.3) is 5.56 Å². The number of hydrogen-bond donors (Lipinski definition) is 1. The Balaban J connectivity index is 1.76. The van der Waals surface area contributed by atoms with Crippen molar-refractivity contribution >= 4 is 6.09 Å². The van der Waals surface area contributed by atoms with E-state index in [9.17, 15) is 14.7 Å². The summed E-state index contributed by atoms with van der Waals surface area (Å²) in [4.78, 5) is 25.6. The van der Waals surface area contributed by atoms with Crippen molar-refractivity contribution in [3.8, 4) is 11.1 Å². The van der Waals surface area contributed by atoms with Crippen molar-refractivity contribution in [3.63, 3.8) is 0 Å². The second-order valence-electron chi connectivity index (χ2n) is 8.37. The summed E-state index contributed by atoms with van der Waals surface area (Å²) in [7, 11) is 0. The van der Waals surface area contributed by atoms with Crippen LogP contribution in [0.15, 0.2) is 77.7 Å². The molecule has 0 bridgehead atoms. The van der Waals surface area contributed by atoms with E-state index in [0.717, 1.165) is 29.5 Å². The first-order valence-electron chi connectivity index (χ1n) is 11.3. The zero-order chi connectivity index (χ0) is 23.1. The highest BCUT2D eigenvalue weighted by Gasteiger charge is 2.23. The average Bonchev–Trinajstić information content (AvgIpc) is 2.79. The third-order valence-electron chi connectivity index (χ3n) is 5.84. The summed E-state index contributed by atoms with van der Waals surface area (Å²) in [6, 6.07) is 21.5. The number of hydrogen-bond acceptors (Lipinski definition) is 2. The Bertz CT molecular complexity index is 1070. The molecule has 0 aliphatic heterocycles. The quantitative estimate of drug-likeness (QED) is 0.440. The van der Waals surface area contributed by atoms with Gasteiger partial charge in [-0.15, -0.1) is 0 Å². The molecule has 0 unspecified atom stereocenters. The zero-order valence-electron chi connectivity index (χ0n) is 19.1. The first kappa shape index (κ1) is 23.3. The first-order chi connectivity index (χ1) is 15.4. The van der Waals surface area contributed by atoms with Gasteiger partial charge in [0.15, 0.2) is 0 Å². The second kappa shape index (κ2) is 10.8. The predicted molar refractivity (Wildman–Crippen MR) is 129 cm³/mol. The third-order valence-corrected chi connectivity index (χ3v) is 5.84. The number of benzene rings is 2. The summed E-state index contributed by atoms with van der Waals surface area (Å²) in [5.41, 5.74) is 4.16. The maximum Gasteiger partial charge on any atom is 0.407 e. The summed E-state index contributed by atoms with van der Waals surface area (Å²) in [6.07, 6.45) is 3.33. The van der Waals surface area contributed by atoms with Crippen molar-refractivity contribution in [2.24, 2.45) is 0 Å². The van der Waals surface area contributed by atoms with Crippen LogP contribution in [0.5, 0.6) is 0 Å². The molecule has 0 fully saturated rings. The fraction of sp³-hybridized carbons (Fsp3) is 0.333. The average molecular weight is 433 g/mol. The van der Waals surface area contributed by atoms with E-state index in [2.05, 4.69) is 12.1 Å². The maximum absolute atomic E-state index is 12.0. The lowest BCUT2D eigenvalue weighted by Gasteiger charge is -2.29. The van der Waals surface area contributed by atoms with Gasteiger partial charge in [0, 0.05) is 24.8 Å². The van der Waals surface area contributed by atoms with Gasteiger partial charge in [0.1, 0.15) is 0 Å². The Kier molecular flexibility index (Phi) is 7.87. The maximum atomic E-state index is 12.0.